The molecule has 1 aliphatic carbocycles. The number of rotatable bonds is 6. The molecule has 0 spiro atoms. The molecule has 2 heterocycles. The van der Waals surface area contributed by atoms with Crippen LogP contribution in [0, 0.1) is 5.41 Å². The van der Waals surface area contributed by atoms with Gasteiger partial charge in [-0.1, -0.05) is 51.3 Å². The molecule has 39 heavy (non-hydrogen) atoms. The third kappa shape index (κ3) is 9.97. The zero-order valence-electron chi connectivity index (χ0n) is 24.4. The van der Waals surface area contributed by atoms with Gasteiger partial charge in [0.25, 0.3) is 0 Å². The Morgan fingerprint density at radius 2 is 1.56 bits per heavy atom. The number of benzene rings is 2. The SMILES string of the molecule is CC.CN1CCNCC1.C[N-]c1c(C2CCCCC2)sc(-c2ccc(Oc3ccccc3)cc2)c1C(=N)N.[K+]. The molecule has 0 bridgehead atoms. The molecule has 1 saturated heterocycles. The zero-order chi connectivity index (χ0) is 27.3. The smallest absolute Gasteiger partial charge is 0.685 e. The van der Waals surface area contributed by atoms with Gasteiger partial charge in [0, 0.05) is 36.6 Å². The molecule has 1 aromatic heterocycles. The van der Waals surface area contributed by atoms with Crippen LogP contribution >= 0.6 is 11.3 Å². The number of ether oxygens (including phenoxy) is 1. The van der Waals surface area contributed by atoms with Crippen molar-refractivity contribution >= 4 is 22.9 Å². The summed E-state index contributed by atoms with van der Waals surface area (Å²) in [5.41, 5.74) is 8.74. The van der Waals surface area contributed by atoms with Crippen molar-refractivity contribution in [2.45, 2.75) is 51.9 Å². The maximum absolute atomic E-state index is 8.19. The van der Waals surface area contributed by atoms with Gasteiger partial charge in [-0.05, 0) is 72.6 Å². The van der Waals surface area contributed by atoms with Gasteiger partial charge in [0.2, 0.25) is 0 Å². The summed E-state index contributed by atoms with van der Waals surface area (Å²) in [4.78, 5) is 4.65. The van der Waals surface area contributed by atoms with E-state index in [4.69, 9.17) is 15.9 Å². The molecule has 1 aliphatic heterocycles. The van der Waals surface area contributed by atoms with Crippen molar-refractivity contribution < 1.29 is 56.1 Å². The molecule has 0 atom stereocenters. The van der Waals surface area contributed by atoms with Crippen LogP contribution in [0.1, 0.15) is 62.3 Å². The summed E-state index contributed by atoms with van der Waals surface area (Å²) < 4.78 is 5.91. The molecule has 0 amide bonds. The molecular weight excluding hydrogens is 530 g/mol. The van der Waals surface area contributed by atoms with Crippen LogP contribution < -0.4 is 67.2 Å². The molecule has 2 aliphatic rings. The first-order chi connectivity index (χ1) is 18.6. The molecule has 4 N–H and O–H groups in total. The Labute approximate surface area is 282 Å². The first-order valence-corrected chi connectivity index (χ1v) is 14.7. The number of para-hydroxylation sites is 1. The number of nitrogens with one attached hydrogen (secondary N) is 2. The minimum atomic E-state index is 0. The molecule has 206 valence electrons. The van der Waals surface area contributed by atoms with E-state index in [2.05, 4.69) is 22.6 Å². The Hall–Kier alpha value is -1.23. The maximum atomic E-state index is 8.19. The van der Waals surface area contributed by atoms with Gasteiger partial charge in [0.1, 0.15) is 17.3 Å². The number of hydrogen-bond donors (Lipinski definition) is 3. The van der Waals surface area contributed by atoms with E-state index in [1.807, 2.05) is 68.4 Å². The number of nitrogens with zero attached hydrogens (tertiary/aromatic N) is 2. The van der Waals surface area contributed by atoms with Crippen molar-refractivity contribution in [3.8, 4) is 21.9 Å². The molecule has 2 aromatic carbocycles. The van der Waals surface area contributed by atoms with Crippen molar-refractivity contribution in [1.29, 1.82) is 5.41 Å². The zero-order valence-corrected chi connectivity index (χ0v) is 28.4. The van der Waals surface area contributed by atoms with Gasteiger partial charge in [0.15, 0.2) is 0 Å². The van der Waals surface area contributed by atoms with Gasteiger partial charge in [0.05, 0.1) is 0 Å². The fourth-order valence-electron chi connectivity index (χ4n) is 4.83. The Kier molecular flexibility index (Phi) is 15.9. The predicted octanol–water partition coefficient (Wildman–Crippen LogP) is 4.73. The van der Waals surface area contributed by atoms with Crippen LogP contribution in [0.25, 0.3) is 15.8 Å². The van der Waals surface area contributed by atoms with E-state index in [9.17, 15) is 0 Å². The quantitative estimate of drug-likeness (QED) is 0.226. The van der Waals surface area contributed by atoms with Crippen LogP contribution in [0.5, 0.6) is 11.5 Å². The van der Waals surface area contributed by atoms with Gasteiger partial charge >= 0.3 is 51.4 Å². The molecular formula is C31H44KN5OS. The van der Waals surface area contributed by atoms with E-state index in [1.54, 1.807) is 18.4 Å². The van der Waals surface area contributed by atoms with Crippen molar-refractivity contribution in [2.75, 3.05) is 40.3 Å². The molecule has 0 unspecified atom stereocenters. The summed E-state index contributed by atoms with van der Waals surface area (Å²) in [6.07, 6.45) is 6.24. The predicted molar refractivity (Wildman–Crippen MR) is 164 cm³/mol. The number of piperazine rings is 1. The Morgan fingerprint density at radius 1 is 0.974 bits per heavy atom. The molecule has 8 heteroatoms. The molecule has 1 saturated carbocycles. The van der Waals surface area contributed by atoms with E-state index in [0.29, 0.717) is 5.92 Å². The maximum Gasteiger partial charge on any atom is 1.00 e. The van der Waals surface area contributed by atoms with Crippen LogP contribution in [0.4, 0.5) is 5.69 Å². The molecule has 6 nitrogen and oxygen atoms in total. The number of nitrogens with two attached hydrogens (primary N) is 1. The monoisotopic (exact) mass is 573 g/mol. The third-order valence-electron chi connectivity index (χ3n) is 6.81. The molecule has 3 aromatic rings. The first kappa shape index (κ1) is 34.0. The van der Waals surface area contributed by atoms with Crippen LogP contribution in [0.2, 0.25) is 0 Å². The summed E-state index contributed by atoms with van der Waals surface area (Å²) in [5.74, 6) is 2.21. The normalized spacial score (nSPS) is 15.5. The van der Waals surface area contributed by atoms with Crippen molar-refractivity contribution in [3.05, 3.63) is 70.4 Å². The van der Waals surface area contributed by atoms with Crippen LogP contribution in [-0.4, -0.2) is 51.0 Å². The van der Waals surface area contributed by atoms with Gasteiger partial charge in [-0.2, -0.15) is 0 Å². The number of amidine groups is 1. The number of nitrogen functional groups attached to an aromatic ring is 1. The summed E-state index contributed by atoms with van der Waals surface area (Å²) >= 11 is 1.75. The fraction of sp³-hybridized carbons (Fsp3) is 0.452. The summed E-state index contributed by atoms with van der Waals surface area (Å²) in [5, 5.41) is 16.0. The Balaban J connectivity index is 0.000000459. The fourth-order valence-corrected chi connectivity index (χ4v) is 6.31. The first-order valence-electron chi connectivity index (χ1n) is 13.9. The Morgan fingerprint density at radius 3 is 2.08 bits per heavy atom. The van der Waals surface area contributed by atoms with Gasteiger partial charge in [-0.25, -0.2) is 0 Å². The summed E-state index contributed by atoms with van der Waals surface area (Å²) in [6.45, 7) is 8.74. The molecule has 5 rings (SSSR count). The second-order valence-electron chi connectivity index (χ2n) is 9.48. The average molecular weight is 574 g/mol. The van der Waals surface area contributed by atoms with Gasteiger partial charge in [-0.3, -0.25) is 5.41 Å². The average Bonchev–Trinajstić information content (AvgIpc) is 3.37. The topological polar surface area (TPSA) is 88.5 Å². The molecule has 2 fully saturated rings. The number of likely N-dealkylation sites (N-methyl/N-ethyl adjacent to an activating group) is 1. The van der Waals surface area contributed by atoms with Crippen molar-refractivity contribution in [1.82, 2.24) is 10.2 Å². The van der Waals surface area contributed by atoms with Crippen LogP contribution in [0.3, 0.4) is 0 Å². The van der Waals surface area contributed by atoms with Crippen LogP contribution in [0.15, 0.2) is 54.6 Å². The minimum Gasteiger partial charge on any atom is -0.685 e. The van der Waals surface area contributed by atoms with E-state index in [-0.39, 0.29) is 57.2 Å². The number of hydrogen-bond acceptors (Lipinski definition) is 5. The second-order valence-corrected chi connectivity index (χ2v) is 10.5. The van der Waals surface area contributed by atoms with Crippen molar-refractivity contribution in [3.63, 3.8) is 0 Å². The molecule has 0 radical (unpaired) electrons. The summed E-state index contributed by atoms with van der Waals surface area (Å²) in [7, 11) is 3.96. The van der Waals surface area contributed by atoms with Gasteiger partial charge in [-0.15, -0.1) is 24.1 Å². The standard InChI is InChI=1S/C24H26N3OS.C5H12N2.C2H6.K/c1-27-21-20(24(25)26)22(29-23(21)16-8-4-2-5-9-16)17-12-14-19(15-13-17)28-18-10-6-3-7-11-18;1-7-4-2-6-3-5-7;1-2;/h3,6-7,10-16H,2,4-5,8-9H2,1H3,(H3,25,26);6H,2-5H2,1H3;1-2H3;/q-1;;;+1. The summed E-state index contributed by atoms with van der Waals surface area (Å²) in [6, 6.07) is 17.8. The largest absolute Gasteiger partial charge is 1.00 e. The van der Waals surface area contributed by atoms with Crippen LogP contribution in [-0.2, 0) is 0 Å². The third-order valence-corrected chi connectivity index (χ3v) is 8.20. The van der Waals surface area contributed by atoms with E-state index in [1.165, 1.54) is 50.1 Å². The Bertz CT molecular complexity index is 1110. The second kappa shape index (κ2) is 18.2. The van der Waals surface area contributed by atoms with Crippen molar-refractivity contribution in [2.24, 2.45) is 5.73 Å². The van der Waals surface area contributed by atoms with Gasteiger partial charge < -0.3 is 26.0 Å². The minimum absolute atomic E-state index is 0. The van der Waals surface area contributed by atoms with E-state index >= 15 is 0 Å². The van der Waals surface area contributed by atoms with E-state index in [0.717, 1.165) is 46.3 Å². The van der Waals surface area contributed by atoms with E-state index < -0.39 is 0 Å². The number of thiophene rings is 1.